The molecule has 0 spiro atoms. The Balaban J connectivity index is 0.880. The van der Waals surface area contributed by atoms with Gasteiger partial charge in [-0.2, -0.15) is 0 Å². The fraction of sp³-hybridized carbons (Fsp3) is 0.508. The quantitative estimate of drug-likeness (QED) is 0.0860. The van der Waals surface area contributed by atoms with Gasteiger partial charge < -0.3 is 50.5 Å². The van der Waals surface area contributed by atoms with E-state index in [2.05, 4.69) is 59.0 Å². The van der Waals surface area contributed by atoms with E-state index in [1.165, 1.54) is 17.7 Å². The van der Waals surface area contributed by atoms with E-state index < -0.39 is 41.6 Å². The normalized spacial score (nSPS) is 25.0. The maximum atomic E-state index is 17.1. The molecule has 416 valence electrons. The molecule has 18 heteroatoms. The summed E-state index contributed by atoms with van der Waals surface area (Å²) in [6.07, 6.45) is 8.34. The van der Waals surface area contributed by atoms with E-state index in [0.717, 1.165) is 99.2 Å². The van der Waals surface area contributed by atoms with Crippen molar-refractivity contribution >= 4 is 57.4 Å². The lowest BCUT2D eigenvalue weighted by atomic mass is 9.81. The van der Waals surface area contributed by atoms with Gasteiger partial charge in [0.1, 0.15) is 17.3 Å². The molecule has 6 aliphatic rings. The van der Waals surface area contributed by atoms with Crippen LogP contribution in [0.1, 0.15) is 163 Å². The molecular formula is C61H72F2N10O6. The van der Waals surface area contributed by atoms with Crippen LogP contribution in [0.5, 0.6) is 0 Å². The highest BCUT2D eigenvalue weighted by molar-refractivity contribution is 5.86. The summed E-state index contributed by atoms with van der Waals surface area (Å²) in [7, 11) is 0. The van der Waals surface area contributed by atoms with Crippen LogP contribution in [-0.2, 0) is 24.6 Å². The van der Waals surface area contributed by atoms with Crippen LogP contribution >= 0.6 is 0 Å². The smallest absolute Gasteiger partial charge is 0.405 e. The van der Waals surface area contributed by atoms with Gasteiger partial charge in [0.05, 0.1) is 45.7 Å². The first-order chi connectivity index (χ1) is 38.2. The molecule has 4 saturated heterocycles. The summed E-state index contributed by atoms with van der Waals surface area (Å²) >= 11 is 0. The number of nitrogens with one attached hydrogen (secondary N) is 2. The minimum Gasteiger partial charge on any atom is -0.436 e. The Labute approximate surface area is 458 Å². The van der Waals surface area contributed by atoms with Crippen molar-refractivity contribution in [3.8, 4) is 0 Å². The van der Waals surface area contributed by atoms with Gasteiger partial charge in [0, 0.05) is 43.7 Å². The molecule has 6 heterocycles. The number of likely N-dealkylation sites (tertiary alicyclic amines) is 2. The summed E-state index contributed by atoms with van der Waals surface area (Å²) in [6, 6.07) is 24.4. The van der Waals surface area contributed by atoms with Gasteiger partial charge in [0.2, 0.25) is 0 Å². The molecule has 6 fully saturated rings. The monoisotopic (exact) mass is 1080 g/mol. The predicted molar refractivity (Wildman–Crippen MR) is 296 cm³/mol. The number of amides is 4. The molecule has 4 aromatic carbocycles. The van der Waals surface area contributed by atoms with E-state index in [1.807, 2.05) is 41.3 Å². The minimum atomic E-state index is -0.955. The zero-order valence-electron chi connectivity index (χ0n) is 45.2. The molecule has 16 nitrogen and oxygen atoms in total. The first-order valence-corrected chi connectivity index (χ1v) is 28.8. The van der Waals surface area contributed by atoms with Gasteiger partial charge in [-0.3, -0.25) is 9.59 Å². The first kappa shape index (κ1) is 52.5. The van der Waals surface area contributed by atoms with Crippen molar-refractivity contribution < 1.29 is 37.4 Å². The average molecular weight is 1080 g/mol. The van der Waals surface area contributed by atoms with Crippen LogP contribution in [0.15, 0.2) is 78.9 Å². The fourth-order valence-corrected chi connectivity index (χ4v) is 14.9. The van der Waals surface area contributed by atoms with Gasteiger partial charge >= 0.3 is 12.2 Å². The van der Waals surface area contributed by atoms with Gasteiger partial charge in [-0.05, 0) is 142 Å². The molecule has 7 atom stereocenters. The van der Waals surface area contributed by atoms with Gasteiger partial charge in [0.25, 0.3) is 11.8 Å². The number of rotatable bonds is 13. The minimum absolute atomic E-state index is 0.0102. The molecule has 4 aliphatic heterocycles. The number of H-pyrrole nitrogens is 2. The van der Waals surface area contributed by atoms with Gasteiger partial charge in [0.15, 0.2) is 23.8 Å². The number of nitrogens with zero attached hydrogens (tertiary/aromatic N) is 6. The lowest BCUT2D eigenvalue weighted by molar-refractivity contribution is -0.144. The Hall–Kier alpha value is -7.24. The Morgan fingerprint density at radius 3 is 1.67 bits per heavy atom. The molecule has 4 unspecified atom stereocenters. The number of ether oxygens (including phenoxy) is 2. The summed E-state index contributed by atoms with van der Waals surface area (Å²) in [5, 5.41) is 0. The number of hydrogen-bond acceptors (Lipinski definition) is 10. The van der Waals surface area contributed by atoms with E-state index in [-0.39, 0.29) is 53.4 Å². The molecule has 0 radical (unpaired) electrons. The van der Waals surface area contributed by atoms with E-state index >= 15 is 8.78 Å². The Morgan fingerprint density at radius 1 is 0.620 bits per heavy atom. The maximum absolute atomic E-state index is 17.1. The number of benzene rings is 4. The molecule has 2 saturated carbocycles. The third-order valence-corrected chi connectivity index (χ3v) is 19.0. The molecule has 0 bridgehead atoms. The number of piperidine rings is 1. The molecule has 12 rings (SSSR count). The third kappa shape index (κ3) is 9.80. The summed E-state index contributed by atoms with van der Waals surface area (Å²) in [5.74, 6) is -0.343. The van der Waals surface area contributed by atoms with Crippen LogP contribution in [0.3, 0.4) is 0 Å². The highest BCUT2D eigenvalue weighted by atomic mass is 19.1. The second kappa shape index (κ2) is 21.4. The third-order valence-electron chi connectivity index (χ3n) is 19.0. The van der Waals surface area contributed by atoms with Crippen molar-refractivity contribution in [1.29, 1.82) is 0 Å². The first-order valence-electron chi connectivity index (χ1n) is 28.8. The van der Waals surface area contributed by atoms with Crippen LogP contribution < -0.4 is 21.3 Å². The van der Waals surface area contributed by atoms with E-state index in [9.17, 15) is 19.2 Å². The van der Waals surface area contributed by atoms with Crippen LogP contribution in [0, 0.1) is 29.4 Å². The molecule has 6 N–H and O–H groups in total. The maximum Gasteiger partial charge on any atom is 0.405 e. The number of aromatic nitrogens is 4. The Bertz CT molecular complexity index is 3240. The number of primary amides is 2. The van der Waals surface area contributed by atoms with Crippen molar-refractivity contribution in [2.45, 2.75) is 152 Å². The SMILES string of the molecule is CC1CC(c2ccc3nc(C4CCCN4C(=O)[C@@H](OC(N)=O)C4CCCC4)[nH]c3c2)N(c2cc(F)c(N3CCC(c4ccccc4)CC3)c(F)c2)[C@@]1(C)c1ccc2nc(C3CCCN3C(=O)[C@@H](OC(N)=O)C3CCCC3)[nH]c2c1. The van der Waals surface area contributed by atoms with Crippen LogP contribution in [0.25, 0.3) is 22.1 Å². The Kier molecular flexibility index (Phi) is 14.2. The number of halogens is 2. The zero-order valence-corrected chi connectivity index (χ0v) is 45.2. The molecule has 2 aliphatic carbocycles. The number of nitrogens with two attached hydrogens (primary N) is 2. The number of carbonyl (C=O) groups is 4. The zero-order chi connectivity index (χ0) is 54.7. The highest BCUT2D eigenvalue weighted by Crippen LogP contribution is 2.55. The Morgan fingerprint density at radius 2 is 1.14 bits per heavy atom. The molecular weight excluding hydrogens is 1010 g/mol. The van der Waals surface area contributed by atoms with Crippen molar-refractivity contribution in [1.82, 2.24) is 29.7 Å². The number of aromatic amines is 2. The number of carbonyl (C=O) groups excluding carboxylic acids is 4. The number of fused-ring (bicyclic) bond motifs is 2. The van der Waals surface area contributed by atoms with Crippen molar-refractivity contribution in [2.75, 3.05) is 36.0 Å². The highest BCUT2D eigenvalue weighted by Gasteiger charge is 2.51. The van der Waals surface area contributed by atoms with Crippen molar-refractivity contribution in [3.05, 3.63) is 119 Å². The summed E-state index contributed by atoms with van der Waals surface area (Å²) in [6.45, 7) is 6.38. The fourth-order valence-electron chi connectivity index (χ4n) is 14.9. The van der Waals surface area contributed by atoms with Crippen molar-refractivity contribution in [2.24, 2.45) is 29.2 Å². The standard InChI is InChI=1S/C61H72F2N10O6/c1-35-30-51(40-20-22-45-47(31-40)68-55(66-45)49-18-10-26-71(49)57(74)53(78-59(64)76)38-14-6-7-15-38)73(42-33-43(62)52(44(63)34-42)70-28-24-37(25-29-70)36-12-4-3-5-13-36)61(35,2)41-21-23-46-48(32-41)69-56(67-46)50-19-11-27-72(50)58(75)54(79-60(65)77)39-16-8-9-17-39/h3-5,12-13,20-23,31-35,37-39,49-51,53-54H,6-11,14-19,24-30H2,1-2H3,(H2,64,76)(H2,65,77)(H,66,68)(H,67,69)/t35?,49?,50?,51?,53-,54-,61+/m0/s1. The van der Waals surface area contributed by atoms with E-state index in [1.54, 1.807) is 9.80 Å². The largest absolute Gasteiger partial charge is 0.436 e. The summed E-state index contributed by atoms with van der Waals surface area (Å²) in [4.78, 5) is 77.4. The second-order valence-corrected chi connectivity index (χ2v) is 23.5. The molecule has 4 amide bonds. The number of hydrogen-bond donors (Lipinski definition) is 4. The van der Waals surface area contributed by atoms with E-state index in [0.29, 0.717) is 79.7 Å². The summed E-state index contributed by atoms with van der Waals surface area (Å²) in [5.41, 5.74) is 16.6. The van der Waals surface area contributed by atoms with E-state index in [4.69, 9.17) is 30.9 Å². The molecule has 79 heavy (non-hydrogen) atoms. The van der Waals surface area contributed by atoms with Gasteiger partial charge in [-0.25, -0.2) is 28.3 Å². The van der Waals surface area contributed by atoms with Crippen LogP contribution in [0.2, 0.25) is 0 Å². The van der Waals surface area contributed by atoms with Gasteiger partial charge in [-0.15, -0.1) is 0 Å². The van der Waals surface area contributed by atoms with Gasteiger partial charge in [-0.1, -0.05) is 75.1 Å². The van der Waals surface area contributed by atoms with Crippen molar-refractivity contribution in [3.63, 3.8) is 0 Å². The van der Waals surface area contributed by atoms with Crippen LogP contribution in [0.4, 0.5) is 29.7 Å². The number of imidazole rings is 2. The lowest BCUT2D eigenvalue weighted by Gasteiger charge is -2.43. The average Bonchev–Trinajstić information content (AvgIpc) is 4.30. The summed E-state index contributed by atoms with van der Waals surface area (Å²) < 4.78 is 45.2. The molecule has 2 aromatic heterocycles. The number of anilines is 2. The van der Waals surface area contributed by atoms with Crippen LogP contribution in [-0.4, -0.2) is 92.1 Å². The predicted octanol–water partition coefficient (Wildman–Crippen LogP) is 11.2. The topological polar surface area (TPSA) is 209 Å². The second-order valence-electron chi connectivity index (χ2n) is 23.5. The lowest BCUT2D eigenvalue weighted by Crippen LogP contribution is -2.45. The molecule has 6 aromatic rings.